The fourth-order valence-electron chi connectivity index (χ4n) is 2.24. The number of rotatable bonds is 7. The molecule has 2 aromatic rings. The predicted octanol–water partition coefficient (Wildman–Crippen LogP) is 2.53. The van der Waals surface area contributed by atoms with Crippen molar-refractivity contribution in [1.29, 1.82) is 0 Å². The monoisotopic (exact) mass is 386 g/mol. The number of halogens is 3. The minimum Gasteiger partial charge on any atom is -0.390 e. The Kier molecular flexibility index (Phi) is 7.13. The van der Waals surface area contributed by atoms with Crippen molar-refractivity contribution in [2.75, 3.05) is 6.67 Å². The van der Waals surface area contributed by atoms with Crippen LogP contribution in [0.4, 0.5) is 4.39 Å². The van der Waals surface area contributed by atoms with Crippen molar-refractivity contribution >= 4 is 29.1 Å². The molecule has 25 heavy (non-hydrogen) atoms. The van der Waals surface area contributed by atoms with E-state index >= 15 is 0 Å². The Morgan fingerprint density at radius 2 is 1.80 bits per heavy atom. The summed E-state index contributed by atoms with van der Waals surface area (Å²) in [5.74, 6) is -0.767. The first-order chi connectivity index (χ1) is 12.0. The third-order valence-corrected chi connectivity index (χ3v) is 4.04. The van der Waals surface area contributed by atoms with Gasteiger partial charge in [-0.2, -0.15) is 0 Å². The zero-order valence-electron chi connectivity index (χ0n) is 13.1. The second-order valence-corrected chi connectivity index (χ2v) is 6.43. The molecule has 8 heteroatoms. The molecule has 0 spiro atoms. The van der Waals surface area contributed by atoms with Gasteiger partial charge in [-0.3, -0.25) is 9.78 Å². The maximum Gasteiger partial charge on any atom is 0.253 e. The van der Waals surface area contributed by atoms with Crippen molar-refractivity contribution in [3.05, 3.63) is 53.9 Å². The molecule has 0 aliphatic rings. The number of aliphatic hydroxyl groups is 2. The molecule has 0 saturated carbocycles. The maximum absolute atomic E-state index is 13.1. The number of nitrogens with zero attached hydrogens (tertiary/aromatic N) is 1. The zero-order chi connectivity index (χ0) is 18.4. The summed E-state index contributed by atoms with van der Waals surface area (Å²) < 4.78 is 13.1. The van der Waals surface area contributed by atoms with Crippen LogP contribution in [-0.4, -0.2) is 38.7 Å². The van der Waals surface area contributed by atoms with E-state index in [1.165, 1.54) is 0 Å². The second kappa shape index (κ2) is 9.10. The molecule has 0 bridgehead atoms. The lowest BCUT2D eigenvalue weighted by Crippen LogP contribution is -2.43. The van der Waals surface area contributed by atoms with E-state index in [9.17, 15) is 14.3 Å². The topological polar surface area (TPSA) is 82.5 Å². The van der Waals surface area contributed by atoms with Crippen molar-refractivity contribution in [3.63, 3.8) is 0 Å². The number of carbonyl (C=O) groups is 1. The van der Waals surface area contributed by atoms with Crippen LogP contribution in [0.5, 0.6) is 0 Å². The minimum absolute atomic E-state index is 0.132. The van der Waals surface area contributed by atoms with Gasteiger partial charge in [0, 0.05) is 11.8 Å². The molecule has 1 amide bonds. The highest BCUT2D eigenvalue weighted by atomic mass is 35.5. The molecule has 0 aliphatic heterocycles. The van der Waals surface area contributed by atoms with E-state index in [2.05, 4.69) is 10.3 Å². The first-order valence-corrected chi connectivity index (χ1v) is 8.32. The smallest absolute Gasteiger partial charge is 0.253 e. The fourth-order valence-corrected chi connectivity index (χ4v) is 2.37. The summed E-state index contributed by atoms with van der Waals surface area (Å²) >= 11 is 10.8. The quantitative estimate of drug-likeness (QED) is 0.638. The van der Waals surface area contributed by atoms with E-state index in [0.29, 0.717) is 11.3 Å². The number of aliphatic hydroxyl groups excluding tert-OH is 2. The summed E-state index contributed by atoms with van der Waals surface area (Å²) in [6, 6.07) is 9.14. The lowest BCUT2D eigenvalue weighted by molar-refractivity contribution is -0.121. The van der Waals surface area contributed by atoms with Crippen LogP contribution in [0.25, 0.3) is 11.1 Å². The Labute approximate surface area is 154 Å². The summed E-state index contributed by atoms with van der Waals surface area (Å²) in [6.45, 7) is -1.10. The van der Waals surface area contributed by atoms with Crippen LogP contribution in [0.15, 0.2) is 42.6 Å². The minimum atomic E-state index is -1.34. The number of aromatic nitrogens is 1. The molecule has 5 nitrogen and oxygen atoms in total. The van der Waals surface area contributed by atoms with E-state index in [0.717, 1.165) is 11.1 Å². The summed E-state index contributed by atoms with van der Waals surface area (Å²) in [5, 5.41) is 21.5. The number of alkyl halides is 3. The Hall–Kier alpha value is -1.73. The van der Waals surface area contributed by atoms with Crippen LogP contribution in [-0.2, 0) is 11.4 Å². The molecule has 3 N–H and O–H groups in total. The molecule has 0 saturated heterocycles. The summed E-state index contributed by atoms with van der Waals surface area (Å²) in [7, 11) is 0. The molecule has 134 valence electrons. The molecular weight excluding hydrogens is 370 g/mol. The maximum atomic E-state index is 13.1. The molecule has 2 atom stereocenters. The lowest BCUT2D eigenvalue weighted by Gasteiger charge is -2.22. The average molecular weight is 387 g/mol. The molecule has 0 unspecified atom stereocenters. The van der Waals surface area contributed by atoms with Crippen molar-refractivity contribution in [2.45, 2.75) is 23.6 Å². The van der Waals surface area contributed by atoms with Crippen molar-refractivity contribution in [2.24, 2.45) is 0 Å². The summed E-state index contributed by atoms with van der Waals surface area (Å²) in [4.78, 5) is 14.2. The standard InChI is InChI=1S/C17H17Cl2FN2O3/c18-16(19)17(25)22-14(7-20)15(24)11-3-1-10(2-4-11)12-5-6-13(9-23)21-8-12/h1-6,8,14-16,23-24H,7,9H2,(H,22,25)/t14-,15-/m1/s1. The molecule has 2 rings (SSSR count). The van der Waals surface area contributed by atoms with Gasteiger partial charge in [0.25, 0.3) is 5.91 Å². The molecule has 0 aliphatic carbocycles. The summed E-state index contributed by atoms with van der Waals surface area (Å²) in [5.41, 5.74) is 2.68. The predicted molar refractivity (Wildman–Crippen MR) is 94.0 cm³/mol. The Bertz CT molecular complexity index is 696. The van der Waals surface area contributed by atoms with E-state index in [1.54, 1.807) is 36.5 Å². The van der Waals surface area contributed by atoms with E-state index in [1.807, 2.05) is 6.07 Å². The SMILES string of the molecule is O=C(N[C@H](CF)[C@H](O)c1ccc(-c2ccc(CO)nc2)cc1)C(Cl)Cl. The van der Waals surface area contributed by atoms with Gasteiger partial charge in [-0.25, -0.2) is 4.39 Å². The van der Waals surface area contributed by atoms with E-state index in [4.69, 9.17) is 28.3 Å². The largest absolute Gasteiger partial charge is 0.390 e. The summed E-state index contributed by atoms with van der Waals surface area (Å²) in [6.07, 6.45) is 0.382. The van der Waals surface area contributed by atoms with Crippen LogP contribution in [0.2, 0.25) is 0 Å². The number of hydrogen-bond acceptors (Lipinski definition) is 4. The van der Waals surface area contributed by atoms with Gasteiger partial charge in [0.1, 0.15) is 12.8 Å². The lowest BCUT2D eigenvalue weighted by atomic mass is 9.99. The molecule has 0 radical (unpaired) electrons. The zero-order valence-corrected chi connectivity index (χ0v) is 14.6. The molecular formula is C17H17Cl2FN2O3. The Balaban J connectivity index is 2.12. The van der Waals surface area contributed by atoms with Gasteiger partial charge in [-0.1, -0.05) is 53.5 Å². The number of benzene rings is 1. The van der Waals surface area contributed by atoms with E-state index in [-0.39, 0.29) is 6.61 Å². The average Bonchev–Trinajstić information content (AvgIpc) is 2.65. The number of pyridine rings is 1. The third kappa shape index (κ3) is 5.12. The highest BCUT2D eigenvalue weighted by molar-refractivity contribution is 6.53. The van der Waals surface area contributed by atoms with Crippen LogP contribution >= 0.6 is 23.2 Å². The molecule has 1 aromatic heterocycles. The number of amides is 1. The van der Waals surface area contributed by atoms with Crippen LogP contribution < -0.4 is 5.32 Å². The second-order valence-electron chi connectivity index (χ2n) is 5.33. The molecule has 1 aromatic carbocycles. The van der Waals surface area contributed by atoms with Crippen LogP contribution in [0.1, 0.15) is 17.4 Å². The number of nitrogens with one attached hydrogen (secondary N) is 1. The highest BCUT2D eigenvalue weighted by Crippen LogP contribution is 2.23. The first-order valence-electron chi connectivity index (χ1n) is 7.45. The fraction of sp³-hybridized carbons (Fsp3) is 0.294. The van der Waals surface area contributed by atoms with Crippen molar-refractivity contribution < 1.29 is 19.4 Å². The van der Waals surface area contributed by atoms with Gasteiger partial charge in [-0.05, 0) is 17.2 Å². The Morgan fingerprint density at radius 3 is 2.28 bits per heavy atom. The normalized spacial score (nSPS) is 13.5. The first kappa shape index (κ1) is 19.6. The molecule has 0 fully saturated rings. The van der Waals surface area contributed by atoms with Crippen LogP contribution in [0, 0.1) is 0 Å². The van der Waals surface area contributed by atoms with Crippen molar-refractivity contribution in [1.82, 2.24) is 10.3 Å². The third-order valence-electron chi connectivity index (χ3n) is 3.65. The van der Waals surface area contributed by atoms with Crippen molar-refractivity contribution in [3.8, 4) is 11.1 Å². The number of hydrogen-bond donors (Lipinski definition) is 3. The van der Waals surface area contributed by atoms with E-state index < -0.39 is 29.6 Å². The van der Waals surface area contributed by atoms with Crippen LogP contribution in [0.3, 0.4) is 0 Å². The molecule has 1 heterocycles. The van der Waals surface area contributed by atoms with Gasteiger partial charge in [0.15, 0.2) is 4.84 Å². The Morgan fingerprint density at radius 1 is 1.16 bits per heavy atom. The van der Waals surface area contributed by atoms with Gasteiger partial charge in [-0.15, -0.1) is 0 Å². The highest BCUT2D eigenvalue weighted by Gasteiger charge is 2.25. The van der Waals surface area contributed by atoms with Gasteiger partial charge < -0.3 is 15.5 Å². The van der Waals surface area contributed by atoms with Gasteiger partial charge in [0.2, 0.25) is 0 Å². The number of carbonyl (C=O) groups excluding carboxylic acids is 1. The van der Waals surface area contributed by atoms with Gasteiger partial charge in [0.05, 0.1) is 18.3 Å². The van der Waals surface area contributed by atoms with Gasteiger partial charge >= 0.3 is 0 Å².